The van der Waals surface area contributed by atoms with Gasteiger partial charge < -0.3 is 10.5 Å². The van der Waals surface area contributed by atoms with E-state index in [9.17, 15) is 4.79 Å². The van der Waals surface area contributed by atoms with E-state index < -0.39 is 12.0 Å². The van der Waals surface area contributed by atoms with E-state index in [-0.39, 0.29) is 0 Å². The maximum Gasteiger partial charge on any atom is 0.328 e. The van der Waals surface area contributed by atoms with Crippen LogP contribution in [0.1, 0.15) is 6.92 Å². The molecule has 0 aliphatic carbocycles. The van der Waals surface area contributed by atoms with Gasteiger partial charge in [0.05, 0.1) is 11.7 Å². The van der Waals surface area contributed by atoms with Gasteiger partial charge >= 0.3 is 5.97 Å². The first-order valence-corrected chi connectivity index (χ1v) is 4.99. The highest BCUT2D eigenvalue weighted by Crippen LogP contribution is 2.17. The minimum atomic E-state index is -0.633. The SMILES string of the molecule is C[C@H](N)C(=O)Oc1cnc2ccccc2c1. The second-order valence-electron chi connectivity index (χ2n) is 3.57. The number of esters is 1. The van der Waals surface area contributed by atoms with Gasteiger partial charge in [0, 0.05) is 5.39 Å². The average molecular weight is 216 g/mol. The maximum atomic E-state index is 11.3. The van der Waals surface area contributed by atoms with Gasteiger partial charge in [-0.15, -0.1) is 0 Å². The molecule has 0 fully saturated rings. The molecular formula is C12H12N2O2. The van der Waals surface area contributed by atoms with Crippen molar-refractivity contribution in [2.45, 2.75) is 13.0 Å². The third-order valence-corrected chi connectivity index (χ3v) is 2.16. The Hall–Kier alpha value is -1.94. The number of carbonyl (C=O) groups excluding carboxylic acids is 1. The molecule has 0 saturated carbocycles. The lowest BCUT2D eigenvalue weighted by molar-refractivity contribution is -0.135. The predicted molar refractivity (Wildman–Crippen MR) is 61.0 cm³/mol. The number of nitrogens with two attached hydrogens (primary N) is 1. The molecular weight excluding hydrogens is 204 g/mol. The second-order valence-corrected chi connectivity index (χ2v) is 3.57. The molecule has 0 spiro atoms. The van der Waals surface area contributed by atoms with Gasteiger partial charge in [0.2, 0.25) is 0 Å². The fourth-order valence-corrected chi connectivity index (χ4v) is 1.32. The van der Waals surface area contributed by atoms with Crippen LogP contribution < -0.4 is 10.5 Å². The highest BCUT2D eigenvalue weighted by Gasteiger charge is 2.10. The number of hydrogen-bond acceptors (Lipinski definition) is 4. The van der Waals surface area contributed by atoms with Crippen molar-refractivity contribution in [1.29, 1.82) is 0 Å². The van der Waals surface area contributed by atoms with Crippen LogP contribution >= 0.6 is 0 Å². The van der Waals surface area contributed by atoms with Crippen LogP contribution in [0.2, 0.25) is 0 Å². The fourth-order valence-electron chi connectivity index (χ4n) is 1.32. The molecule has 1 aromatic carbocycles. The zero-order chi connectivity index (χ0) is 11.5. The molecule has 0 saturated heterocycles. The summed E-state index contributed by atoms with van der Waals surface area (Å²) in [5, 5.41) is 0.928. The van der Waals surface area contributed by atoms with E-state index >= 15 is 0 Å². The van der Waals surface area contributed by atoms with Crippen molar-refractivity contribution < 1.29 is 9.53 Å². The Morgan fingerprint density at radius 3 is 2.94 bits per heavy atom. The lowest BCUT2D eigenvalue weighted by Crippen LogP contribution is -2.30. The van der Waals surface area contributed by atoms with Gasteiger partial charge in [-0.05, 0) is 19.1 Å². The topological polar surface area (TPSA) is 65.2 Å². The Morgan fingerprint density at radius 1 is 1.44 bits per heavy atom. The van der Waals surface area contributed by atoms with Gasteiger partial charge in [-0.3, -0.25) is 4.98 Å². The van der Waals surface area contributed by atoms with Gasteiger partial charge in [0.15, 0.2) is 0 Å². The van der Waals surface area contributed by atoms with Crippen LogP contribution in [0, 0.1) is 0 Å². The first kappa shape index (κ1) is 10.6. The molecule has 1 atom stereocenters. The van der Waals surface area contributed by atoms with Crippen LogP contribution in [0.4, 0.5) is 0 Å². The zero-order valence-electron chi connectivity index (χ0n) is 8.88. The quantitative estimate of drug-likeness (QED) is 0.772. The Balaban J connectivity index is 2.29. The third-order valence-electron chi connectivity index (χ3n) is 2.16. The number of benzene rings is 1. The van der Waals surface area contributed by atoms with Crippen LogP contribution in [0.25, 0.3) is 10.9 Å². The van der Waals surface area contributed by atoms with Crippen molar-refractivity contribution >= 4 is 16.9 Å². The van der Waals surface area contributed by atoms with Crippen LogP contribution in [0.3, 0.4) is 0 Å². The van der Waals surface area contributed by atoms with Gasteiger partial charge in [-0.2, -0.15) is 0 Å². The second kappa shape index (κ2) is 4.28. The first-order chi connectivity index (χ1) is 7.66. The summed E-state index contributed by atoms with van der Waals surface area (Å²) in [5.41, 5.74) is 6.27. The predicted octanol–water partition coefficient (Wildman–Crippen LogP) is 1.49. The maximum absolute atomic E-state index is 11.3. The van der Waals surface area contributed by atoms with E-state index in [1.54, 1.807) is 13.0 Å². The van der Waals surface area contributed by atoms with Crippen LogP contribution in [-0.2, 0) is 4.79 Å². The molecule has 0 aliphatic rings. The van der Waals surface area contributed by atoms with Crippen LogP contribution in [0.15, 0.2) is 36.5 Å². The lowest BCUT2D eigenvalue weighted by Gasteiger charge is -2.06. The smallest absolute Gasteiger partial charge is 0.328 e. The minimum Gasteiger partial charge on any atom is -0.424 e. The van der Waals surface area contributed by atoms with Crippen molar-refractivity contribution in [1.82, 2.24) is 4.98 Å². The third kappa shape index (κ3) is 2.17. The molecule has 4 heteroatoms. The molecule has 0 amide bonds. The summed E-state index contributed by atoms with van der Waals surface area (Å²) in [4.78, 5) is 15.4. The molecule has 4 nitrogen and oxygen atoms in total. The van der Waals surface area contributed by atoms with Crippen molar-refractivity contribution in [2.24, 2.45) is 5.73 Å². The zero-order valence-corrected chi connectivity index (χ0v) is 8.88. The summed E-state index contributed by atoms with van der Waals surface area (Å²) in [6.07, 6.45) is 1.52. The summed E-state index contributed by atoms with van der Waals surface area (Å²) in [7, 11) is 0. The summed E-state index contributed by atoms with van der Waals surface area (Å²) in [6.45, 7) is 1.58. The highest BCUT2D eigenvalue weighted by molar-refractivity contribution is 5.82. The average Bonchev–Trinajstić information content (AvgIpc) is 2.28. The Bertz CT molecular complexity index is 523. The van der Waals surface area contributed by atoms with Crippen LogP contribution in [0.5, 0.6) is 5.75 Å². The summed E-state index contributed by atoms with van der Waals surface area (Å²) < 4.78 is 5.06. The molecule has 16 heavy (non-hydrogen) atoms. The lowest BCUT2D eigenvalue weighted by atomic mass is 10.2. The van der Waals surface area contributed by atoms with Crippen LogP contribution in [-0.4, -0.2) is 17.0 Å². The number of para-hydroxylation sites is 1. The largest absolute Gasteiger partial charge is 0.424 e. The summed E-state index contributed by atoms with van der Waals surface area (Å²) in [6, 6.07) is 8.75. The summed E-state index contributed by atoms with van der Waals surface area (Å²) in [5.74, 6) is -0.0434. The number of aromatic nitrogens is 1. The Morgan fingerprint density at radius 2 is 2.19 bits per heavy atom. The molecule has 2 aromatic rings. The molecule has 0 bridgehead atoms. The van der Waals surface area contributed by atoms with E-state index in [1.807, 2.05) is 24.3 Å². The summed E-state index contributed by atoms with van der Waals surface area (Å²) >= 11 is 0. The van der Waals surface area contributed by atoms with Gasteiger partial charge in [0.25, 0.3) is 0 Å². The number of pyridine rings is 1. The van der Waals surface area contributed by atoms with E-state index in [0.29, 0.717) is 5.75 Å². The standard InChI is InChI=1S/C12H12N2O2/c1-8(13)12(15)16-10-6-9-4-2-3-5-11(9)14-7-10/h2-8H,13H2,1H3/t8-/m0/s1. The molecule has 0 aliphatic heterocycles. The molecule has 0 unspecified atom stereocenters. The van der Waals surface area contributed by atoms with Crippen molar-refractivity contribution in [3.63, 3.8) is 0 Å². The van der Waals surface area contributed by atoms with Crippen molar-refractivity contribution in [2.75, 3.05) is 0 Å². The van der Waals surface area contributed by atoms with E-state index in [0.717, 1.165) is 10.9 Å². The van der Waals surface area contributed by atoms with Gasteiger partial charge in [0.1, 0.15) is 11.8 Å². The van der Waals surface area contributed by atoms with Crippen molar-refractivity contribution in [3.05, 3.63) is 36.5 Å². The molecule has 2 N–H and O–H groups in total. The molecule has 0 radical (unpaired) electrons. The normalized spacial score (nSPS) is 12.4. The number of hydrogen-bond donors (Lipinski definition) is 1. The van der Waals surface area contributed by atoms with E-state index in [1.165, 1.54) is 6.20 Å². The van der Waals surface area contributed by atoms with Gasteiger partial charge in [-0.1, -0.05) is 18.2 Å². The number of nitrogens with zero attached hydrogens (tertiary/aromatic N) is 1. The monoisotopic (exact) mass is 216 g/mol. The number of carbonyl (C=O) groups is 1. The van der Waals surface area contributed by atoms with Gasteiger partial charge in [-0.25, -0.2) is 4.79 Å². The Kier molecular flexibility index (Phi) is 2.83. The fraction of sp³-hybridized carbons (Fsp3) is 0.167. The molecule has 1 heterocycles. The van der Waals surface area contributed by atoms with Crippen molar-refractivity contribution in [3.8, 4) is 5.75 Å². The first-order valence-electron chi connectivity index (χ1n) is 4.99. The molecule has 1 aromatic heterocycles. The number of ether oxygens (including phenoxy) is 1. The Labute approximate surface area is 93.0 Å². The van der Waals surface area contributed by atoms with E-state index in [4.69, 9.17) is 10.5 Å². The molecule has 2 rings (SSSR count). The highest BCUT2D eigenvalue weighted by atomic mass is 16.5. The minimum absolute atomic E-state index is 0.418. The van der Waals surface area contributed by atoms with E-state index in [2.05, 4.69) is 4.98 Å². The molecule has 82 valence electrons. The number of rotatable bonds is 2. The number of fused-ring (bicyclic) bond motifs is 1.